The summed E-state index contributed by atoms with van der Waals surface area (Å²) in [6.07, 6.45) is 6.79. The zero-order chi connectivity index (χ0) is 29.6. The van der Waals surface area contributed by atoms with Crippen molar-refractivity contribution in [3.8, 4) is 50.6 Å². The molecular weight excluding hydrogens is 536 g/mol. The Balaban J connectivity index is 1.21. The average molecular weight is 559 g/mol. The molecule has 0 aliphatic rings. The van der Waals surface area contributed by atoms with Crippen LogP contribution >= 0.6 is 0 Å². The molecule has 2 heterocycles. The lowest BCUT2D eigenvalue weighted by Crippen LogP contribution is -1.89. The minimum atomic E-state index is 0.536. The Bertz CT molecular complexity index is 2240. The third-order valence-electron chi connectivity index (χ3n) is 8.31. The molecule has 202 valence electrons. The fraction of sp³-hybridized carbons (Fsp3) is 0. The van der Waals surface area contributed by atoms with Gasteiger partial charge in [-0.2, -0.15) is 5.26 Å². The van der Waals surface area contributed by atoms with Crippen LogP contribution in [0.4, 0.5) is 5.69 Å². The lowest BCUT2D eigenvalue weighted by atomic mass is 9.89. The zero-order valence-electron chi connectivity index (χ0n) is 23.5. The molecule has 0 aliphatic carbocycles. The summed E-state index contributed by atoms with van der Waals surface area (Å²) in [5, 5.41) is 16.7. The number of nitriles is 1. The first-order valence-corrected chi connectivity index (χ1v) is 14.3. The SMILES string of the molecule is [C-]#[N+]c1cncc(-c2cccc(-c3cc4ccc5cc(-c6cccc(-c7cncc(C#N)c7)c6)cc6ccc(c3)c4c56)c2)c1. The van der Waals surface area contributed by atoms with Gasteiger partial charge in [0.1, 0.15) is 6.07 Å². The highest BCUT2D eigenvalue weighted by molar-refractivity contribution is 6.24. The molecular formula is C40H22N4. The molecule has 0 saturated carbocycles. The van der Waals surface area contributed by atoms with Crippen molar-refractivity contribution in [1.29, 1.82) is 5.26 Å². The molecule has 0 amide bonds. The fourth-order valence-electron chi connectivity index (χ4n) is 6.23. The lowest BCUT2D eigenvalue weighted by Gasteiger charge is -2.15. The Hall–Kier alpha value is -6.36. The van der Waals surface area contributed by atoms with E-state index in [2.05, 4.69) is 118 Å². The van der Waals surface area contributed by atoms with Crippen molar-refractivity contribution in [2.24, 2.45) is 0 Å². The monoisotopic (exact) mass is 558 g/mol. The molecule has 0 radical (unpaired) electrons. The molecule has 4 nitrogen and oxygen atoms in total. The third-order valence-corrected chi connectivity index (χ3v) is 8.31. The lowest BCUT2D eigenvalue weighted by molar-refractivity contribution is 1.30. The number of pyridine rings is 2. The highest BCUT2D eigenvalue weighted by Gasteiger charge is 2.13. The van der Waals surface area contributed by atoms with Crippen LogP contribution < -0.4 is 0 Å². The maximum absolute atomic E-state index is 9.32. The molecule has 0 atom stereocenters. The number of hydrogen-bond acceptors (Lipinski definition) is 3. The van der Waals surface area contributed by atoms with Gasteiger partial charge in [-0.25, -0.2) is 4.85 Å². The Labute approximate surface area is 254 Å². The second-order valence-electron chi connectivity index (χ2n) is 11.0. The van der Waals surface area contributed by atoms with E-state index in [9.17, 15) is 5.26 Å². The Morgan fingerprint density at radius 3 is 1.41 bits per heavy atom. The summed E-state index contributed by atoms with van der Waals surface area (Å²) in [6.45, 7) is 7.34. The maximum Gasteiger partial charge on any atom is 0.205 e. The summed E-state index contributed by atoms with van der Waals surface area (Å²) in [5.74, 6) is 0. The number of nitrogens with zero attached hydrogens (tertiary/aromatic N) is 4. The summed E-state index contributed by atoms with van der Waals surface area (Å²) >= 11 is 0. The molecule has 0 aliphatic heterocycles. The minimum Gasteiger partial charge on any atom is -0.276 e. The van der Waals surface area contributed by atoms with Gasteiger partial charge in [-0.15, -0.1) is 0 Å². The van der Waals surface area contributed by atoms with Gasteiger partial charge in [0.25, 0.3) is 0 Å². The molecule has 0 unspecified atom stereocenters. The molecule has 0 fully saturated rings. The topological polar surface area (TPSA) is 53.9 Å². The van der Waals surface area contributed by atoms with Gasteiger partial charge in [-0.3, -0.25) is 9.97 Å². The molecule has 44 heavy (non-hydrogen) atoms. The molecule has 2 aromatic heterocycles. The van der Waals surface area contributed by atoms with Crippen LogP contribution in [-0.2, 0) is 0 Å². The van der Waals surface area contributed by atoms with Crippen molar-refractivity contribution in [2.75, 3.05) is 0 Å². The number of hydrogen-bond donors (Lipinski definition) is 0. The van der Waals surface area contributed by atoms with E-state index >= 15 is 0 Å². The van der Waals surface area contributed by atoms with E-state index in [1.807, 2.05) is 18.3 Å². The fourth-order valence-corrected chi connectivity index (χ4v) is 6.23. The quantitative estimate of drug-likeness (QED) is 0.159. The highest BCUT2D eigenvalue weighted by atomic mass is 14.7. The van der Waals surface area contributed by atoms with Gasteiger partial charge >= 0.3 is 0 Å². The second-order valence-corrected chi connectivity index (χ2v) is 11.0. The van der Waals surface area contributed by atoms with Crippen LogP contribution in [0.3, 0.4) is 0 Å². The highest BCUT2D eigenvalue weighted by Crippen LogP contribution is 2.40. The molecule has 0 N–H and O–H groups in total. The second kappa shape index (κ2) is 10.2. The van der Waals surface area contributed by atoms with E-state index in [4.69, 9.17) is 6.57 Å². The summed E-state index contributed by atoms with van der Waals surface area (Å²) in [7, 11) is 0. The molecule has 8 rings (SSSR count). The summed E-state index contributed by atoms with van der Waals surface area (Å²) in [5.41, 5.74) is 9.57. The van der Waals surface area contributed by atoms with Crippen LogP contribution in [0, 0.1) is 17.9 Å². The largest absolute Gasteiger partial charge is 0.276 e. The van der Waals surface area contributed by atoms with Crippen molar-refractivity contribution in [3.63, 3.8) is 0 Å². The number of rotatable bonds is 4. The van der Waals surface area contributed by atoms with Gasteiger partial charge in [-0.05, 0) is 120 Å². The Kier molecular flexibility index (Phi) is 5.86. The van der Waals surface area contributed by atoms with Crippen LogP contribution in [0.5, 0.6) is 0 Å². The minimum absolute atomic E-state index is 0.536. The summed E-state index contributed by atoms with van der Waals surface area (Å²) in [6, 6.07) is 40.8. The van der Waals surface area contributed by atoms with Crippen LogP contribution in [0.15, 0.2) is 134 Å². The summed E-state index contributed by atoms with van der Waals surface area (Å²) < 4.78 is 0. The van der Waals surface area contributed by atoms with Gasteiger partial charge in [-0.1, -0.05) is 60.7 Å². The van der Waals surface area contributed by atoms with Gasteiger partial charge in [0.05, 0.1) is 12.1 Å². The van der Waals surface area contributed by atoms with E-state index in [-0.39, 0.29) is 0 Å². The predicted molar refractivity (Wildman–Crippen MR) is 178 cm³/mol. The van der Waals surface area contributed by atoms with E-state index in [0.717, 1.165) is 44.5 Å². The molecule has 0 saturated heterocycles. The van der Waals surface area contributed by atoms with Crippen LogP contribution in [0.1, 0.15) is 5.56 Å². The third kappa shape index (κ3) is 4.31. The molecule has 0 spiro atoms. The molecule has 6 aromatic carbocycles. The van der Waals surface area contributed by atoms with E-state index < -0.39 is 0 Å². The van der Waals surface area contributed by atoms with Crippen molar-refractivity contribution in [1.82, 2.24) is 9.97 Å². The molecule has 8 aromatic rings. The Morgan fingerprint density at radius 2 is 0.932 bits per heavy atom. The van der Waals surface area contributed by atoms with E-state index in [1.54, 1.807) is 18.6 Å². The van der Waals surface area contributed by atoms with Crippen LogP contribution in [0.25, 0.3) is 81.7 Å². The normalized spacial score (nSPS) is 11.1. The smallest absolute Gasteiger partial charge is 0.205 e. The van der Waals surface area contributed by atoms with Crippen LogP contribution in [-0.4, -0.2) is 9.97 Å². The van der Waals surface area contributed by atoms with Crippen molar-refractivity contribution < 1.29 is 0 Å². The van der Waals surface area contributed by atoms with E-state index in [1.165, 1.54) is 32.3 Å². The van der Waals surface area contributed by atoms with Gasteiger partial charge in [0.2, 0.25) is 5.69 Å². The molecule has 4 heteroatoms. The first-order valence-electron chi connectivity index (χ1n) is 14.3. The van der Waals surface area contributed by atoms with Crippen molar-refractivity contribution >= 4 is 38.0 Å². The van der Waals surface area contributed by atoms with Crippen molar-refractivity contribution in [3.05, 3.63) is 151 Å². The number of benzene rings is 6. The molecule has 0 bridgehead atoms. The standard InChI is InChI=1S/C40H22N4/c1-42-38-19-37(23-44-24-38)29-7-3-5-27(14-29)35-17-32-10-8-30-15-34(16-31-9-11-33(18-35)40(32)39(30)31)26-4-2-6-28(13-26)36-12-25(20-41)21-43-22-36/h2-19,21-24H. The number of aromatic nitrogens is 2. The van der Waals surface area contributed by atoms with Crippen LogP contribution in [0.2, 0.25) is 0 Å². The van der Waals surface area contributed by atoms with Gasteiger partial charge in [0.15, 0.2) is 0 Å². The van der Waals surface area contributed by atoms with Gasteiger partial charge in [0, 0.05) is 30.4 Å². The first-order chi connectivity index (χ1) is 21.7. The zero-order valence-corrected chi connectivity index (χ0v) is 23.5. The van der Waals surface area contributed by atoms with E-state index in [0.29, 0.717) is 11.3 Å². The predicted octanol–water partition coefficient (Wildman–Crippen LogP) is 10.5. The summed E-state index contributed by atoms with van der Waals surface area (Å²) in [4.78, 5) is 12.0. The first kappa shape index (κ1) is 25.4. The Morgan fingerprint density at radius 1 is 0.477 bits per heavy atom. The van der Waals surface area contributed by atoms with Crippen molar-refractivity contribution in [2.45, 2.75) is 0 Å². The average Bonchev–Trinajstić information content (AvgIpc) is 3.10. The maximum atomic E-state index is 9.32. The van der Waals surface area contributed by atoms with Gasteiger partial charge < -0.3 is 0 Å².